The molecule has 7 aromatic carbocycles. The molecule has 10 rings (SSSR count). The fraction of sp³-hybridized carbons (Fsp3) is 0.0204. The normalized spacial score (nSPS) is 14.2. The molecule has 53 heavy (non-hydrogen) atoms. The van der Waals surface area contributed by atoms with E-state index in [4.69, 9.17) is 9.41 Å². The van der Waals surface area contributed by atoms with Gasteiger partial charge in [0.25, 0.3) is 0 Å². The molecule has 4 heteroatoms. The molecule has 0 amide bonds. The molecular weight excluding hydrogens is 647 g/mol. The van der Waals surface area contributed by atoms with Gasteiger partial charge in [0.05, 0.1) is 11.7 Å². The summed E-state index contributed by atoms with van der Waals surface area (Å²) < 4.78 is 6.37. The van der Waals surface area contributed by atoms with Gasteiger partial charge in [0.1, 0.15) is 17.0 Å². The van der Waals surface area contributed by atoms with Crippen LogP contribution < -0.4 is 5.32 Å². The van der Waals surface area contributed by atoms with Crippen molar-refractivity contribution < 1.29 is 4.42 Å². The van der Waals surface area contributed by atoms with E-state index in [1.165, 1.54) is 21.9 Å². The molecule has 4 nitrogen and oxygen atoms in total. The van der Waals surface area contributed by atoms with Crippen molar-refractivity contribution in [3.8, 4) is 33.5 Å². The van der Waals surface area contributed by atoms with Crippen molar-refractivity contribution in [1.82, 2.24) is 10.3 Å². The summed E-state index contributed by atoms with van der Waals surface area (Å²) in [6.45, 7) is 0. The first-order valence-electron chi connectivity index (χ1n) is 17.9. The lowest BCUT2D eigenvalue weighted by Crippen LogP contribution is -2.27. The van der Waals surface area contributed by atoms with Crippen LogP contribution in [0.4, 0.5) is 0 Å². The highest BCUT2D eigenvalue weighted by Crippen LogP contribution is 2.37. The van der Waals surface area contributed by atoms with Gasteiger partial charge in [0.15, 0.2) is 0 Å². The monoisotopic (exact) mass is 679 g/mol. The smallest absolute Gasteiger partial charge is 0.143 e. The van der Waals surface area contributed by atoms with E-state index in [-0.39, 0.29) is 6.04 Å². The Bertz CT molecular complexity index is 2840. The van der Waals surface area contributed by atoms with Gasteiger partial charge in [-0.3, -0.25) is 9.98 Å². The summed E-state index contributed by atoms with van der Waals surface area (Å²) in [5.41, 5.74) is 12.6. The third-order valence-corrected chi connectivity index (χ3v) is 10.2. The number of amidine groups is 1. The van der Waals surface area contributed by atoms with Crippen molar-refractivity contribution in [1.29, 1.82) is 0 Å². The number of pyridine rings is 1. The summed E-state index contributed by atoms with van der Waals surface area (Å²) in [4.78, 5) is 9.92. The number of furan rings is 1. The van der Waals surface area contributed by atoms with Gasteiger partial charge < -0.3 is 9.73 Å². The van der Waals surface area contributed by atoms with Crippen LogP contribution in [-0.2, 0) is 0 Å². The van der Waals surface area contributed by atoms with Crippen LogP contribution in [0.15, 0.2) is 198 Å². The number of aromatic nitrogens is 1. The number of hydrogen-bond donors (Lipinski definition) is 1. The predicted octanol–water partition coefficient (Wildman–Crippen LogP) is 12.3. The standard InChI is InChI=1S/C49H33N3O/c1-2-14-39-32(10-1)11-8-16-40(39)33-23-27-36(28-24-33)49-51-45(31-46(52-49)38-13-7-12-37(30-38)44-19-5-6-29-50-44)35-25-21-34(22-26-35)41-17-9-18-43-42-15-3-4-20-47(42)53-48(41)43/h1-31,45H,(H,51,52). The molecule has 0 saturated heterocycles. The summed E-state index contributed by atoms with van der Waals surface area (Å²) in [5, 5.41) is 8.44. The van der Waals surface area contributed by atoms with Crippen LogP contribution in [0.2, 0.25) is 0 Å². The number of nitrogens with zero attached hydrogens (tertiary/aromatic N) is 2. The minimum Gasteiger partial charge on any atom is -0.455 e. The maximum Gasteiger partial charge on any atom is 0.143 e. The van der Waals surface area contributed by atoms with Crippen LogP contribution in [0.5, 0.6) is 0 Å². The predicted molar refractivity (Wildman–Crippen MR) is 219 cm³/mol. The Kier molecular flexibility index (Phi) is 7.51. The van der Waals surface area contributed by atoms with Crippen molar-refractivity contribution in [2.45, 2.75) is 6.04 Å². The van der Waals surface area contributed by atoms with Gasteiger partial charge >= 0.3 is 0 Å². The molecule has 3 heterocycles. The van der Waals surface area contributed by atoms with Crippen molar-refractivity contribution >= 4 is 44.2 Å². The Balaban J connectivity index is 1.03. The van der Waals surface area contributed by atoms with E-state index in [0.29, 0.717) is 0 Å². The van der Waals surface area contributed by atoms with Crippen LogP contribution in [0.1, 0.15) is 22.7 Å². The second-order valence-corrected chi connectivity index (χ2v) is 13.4. The Labute approximate surface area is 307 Å². The molecule has 1 N–H and O–H groups in total. The van der Waals surface area contributed by atoms with Crippen molar-refractivity contribution in [2.24, 2.45) is 4.99 Å². The van der Waals surface area contributed by atoms with Crippen molar-refractivity contribution in [2.75, 3.05) is 0 Å². The zero-order valence-electron chi connectivity index (χ0n) is 28.8. The third kappa shape index (κ3) is 5.67. The van der Waals surface area contributed by atoms with Crippen LogP contribution in [0, 0.1) is 0 Å². The summed E-state index contributed by atoms with van der Waals surface area (Å²) in [6.07, 6.45) is 4.06. The minimum atomic E-state index is -0.200. The molecule has 0 aliphatic carbocycles. The Morgan fingerprint density at radius 3 is 2.02 bits per heavy atom. The number of aliphatic imine (C=N–C) groups is 1. The van der Waals surface area contributed by atoms with Crippen molar-refractivity contribution in [3.05, 3.63) is 205 Å². The Morgan fingerprint density at radius 1 is 0.491 bits per heavy atom. The largest absolute Gasteiger partial charge is 0.455 e. The van der Waals surface area contributed by atoms with Gasteiger partial charge in [-0.25, -0.2) is 0 Å². The Morgan fingerprint density at radius 2 is 1.15 bits per heavy atom. The number of benzene rings is 7. The first-order chi connectivity index (χ1) is 26.2. The number of hydrogen-bond acceptors (Lipinski definition) is 4. The third-order valence-electron chi connectivity index (χ3n) is 10.2. The number of para-hydroxylation sites is 2. The molecule has 0 bridgehead atoms. The average Bonchev–Trinajstić information content (AvgIpc) is 3.63. The molecule has 1 atom stereocenters. The molecule has 2 aromatic heterocycles. The van der Waals surface area contributed by atoms with E-state index in [1.54, 1.807) is 0 Å². The topological polar surface area (TPSA) is 50.4 Å². The van der Waals surface area contributed by atoms with E-state index >= 15 is 0 Å². The van der Waals surface area contributed by atoms with Crippen LogP contribution >= 0.6 is 0 Å². The van der Waals surface area contributed by atoms with E-state index in [9.17, 15) is 0 Å². The van der Waals surface area contributed by atoms with Gasteiger partial charge in [-0.15, -0.1) is 0 Å². The average molecular weight is 680 g/mol. The highest BCUT2D eigenvalue weighted by atomic mass is 16.3. The maximum absolute atomic E-state index is 6.37. The SMILES string of the molecule is C1=C(c2cccc(-c3ccccn3)c2)NC(c2ccc(-c3cccc4ccccc34)cc2)=NC1c1ccc(-c2cccc3c2oc2ccccc23)cc1. The summed E-state index contributed by atoms with van der Waals surface area (Å²) in [6, 6.07) is 61.5. The van der Waals surface area contributed by atoms with Gasteiger partial charge in [0, 0.05) is 39.4 Å². The lowest BCUT2D eigenvalue weighted by atomic mass is 9.95. The summed E-state index contributed by atoms with van der Waals surface area (Å²) in [7, 11) is 0. The molecule has 250 valence electrons. The molecular formula is C49H33N3O. The van der Waals surface area contributed by atoms with E-state index in [1.807, 2.05) is 36.5 Å². The van der Waals surface area contributed by atoms with Crippen LogP contribution in [0.25, 0.3) is 71.9 Å². The quantitative estimate of drug-likeness (QED) is 0.190. The van der Waals surface area contributed by atoms with Gasteiger partial charge in [-0.2, -0.15) is 0 Å². The zero-order chi connectivity index (χ0) is 35.1. The molecule has 1 aliphatic rings. The summed E-state index contributed by atoms with van der Waals surface area (Å²) in [5.74, 6) is 0.830. The Hall–Kier alpha value is -7.04. The molecule has 0 saturated carbocycles. The molecule has 1 aliphatic heterocycles. The fourth-order valence-electron chi connectivity index (χ4n) is 7.52. The zero-order valence-corrected chi connectivity index (χ0v) is 28.8. The van der Waals surface area contributed by atoms with Crippen LogP contribution in [0.3, 0.4) is 0 Å². The second-order valence-electron chi connectivity index (χ2n) is 13.4. The number of nitrogens with one attached hydrogen (secondary N) is 1. The number of fused-ring (bicyclic) bond motifs is 4. The molecule has 1 unspecified atom stereocenters. The number of rotatable bonds is 6. The minimum absolute atomic E-state index is 0.200. The lowest BCUT2D eigenvalue weighted by molar-refractivity contribution is 0.670. The second kappa shape index (κ2) is 12.9. The fourth-order valence-corrected chi connectivity index (χ4v) is 7.52. The van der Waals surface area contributed by atoms with Crippen molar-refractivity contribution in [3.63, 3.8) is 0 Å². The highest BCUT2D eigenvalue weighted by molar-refractivity contribution is 6.09. The highest BCUT2D eigenvalue weighted by Gasteiger charge is 2.21. The van der Waals surface area contributed by atoms with E-state index < -0.39 is 0 Å². The van der Waals surface area contributed by atoms with E-state index in [2.05, 4.69) is 162 Å². The summed E-state index contributed by atoms with van der Waals surface area (Å²) >= 11 is 0. The first kappa shape index (κ1) is 30.8. The molecule has 9 aromatic rings. The first-order valence-corrected chi connectivity index (χ1v) is 17.9. The van der Waals surface area contributed by atoms with Crippen LogP contribution in [-0.4, -0.2) is 10.8 Å². The van der Waals surface area contributed by atoms with Gasteiger partial charge in [-0.05, 0) is 68.9 Å². The van der Waals surface area contributed by atoms with E-state index in [0.717, 1.165) is 72.5 Å². The maximum atomic E-state index is 6.37. The molecule has 0 fully saturated rings. The van der Waals surface area contributed by atoms with Gasteiger partial charge in [-0.1, -0.05) is 152 Å². The molecule has 0 radical (unpaired) electrons. The van der Waals surface area contributed by atoms with Gasteiger partial charge in [0.2, 0.25) is 0 Å². The molecule has 0 spiro atoms. The lowest BCUT2D eigenvalue weighted by Gasteiger charge is -2.24.